The molecule has 4 aromatic carbocycles. The first-order valence-corrected chi connectivity index (χ1v) is 14.9. The molecule has 1 amide bonds. The van der Waals surface area contributed by atoms with E-state index in [-0.39, 0.29) is 22.1 Å². The number of esters is 1. The van der Waals surface area contributed by atoms with Crippen LogP contribution in [-0.4, -0.2) is 44.5 Å². The molecule has 0 unspecified atom stereocenters. The van der Waals surface area contributed by atoms with Crippen molar-refractivity contribution in [3.8, 4) is 11.5 Å². The molecule has 1 heterocycles. The lowest BCUT2D eigenvalue weighted by Crippen LogP contribution is -2.39. The zero-order valence-corrected chi connectivity index (χ0v) is 23.8. The van der Waals surface area contributed by atoms with Crippen LogP contribution in [0, 0.1) is 0 Å². The number of nitrogens with zero attached hydrogens (tertiary/aromatic N) is 1. The van der Waals surface area contributed by atoms with Gasteiger partial charge in [0.15, 0.2) is 17.6 Å². The number of nitrogens with one attached hydrogen (secondary N) is 1. The van der Waals surface area contributed by atoms with Crippen LogP contribution in [0.25, 0.3) is 0 Å². The smallest absolute Gasteiger partial charge is 0.341 e. The molecule has 216 valence electrons. The molecule has 1 aliphatic rings. The van der Waals surface area contributed by atoms with Crippen LogP contribution in [0.3, 0.4) is 0 Å². The van der Waals surface area contributed by atoms with E-state index in [1.54, 1.807) is 17.0 Å². The van der Waals surface area contributed by atoms with E-state index in [0.29, 0.717) is 37.8 Å². The summed E-state index contributed by atoms with van der Waals surface area (Å²) >= 11 is 0. The maximum atomic E-state index is 13.6. The summed E-state index contributed by atoms with van der Waals surface area (Å²) in [5.74, 6) is -0.447. The van der Waals surface area contributed by atoms with Crippen LogP contribution in [0.4, 0.5) is 5.69 Å². The summed E-state index contributed by atoms with van der Waals surface area (Å²) in [6.07, 6.45) is -1.13. The fraction of sp³-hybridized carbons (Fsp3) is 0.188. The van der Waals surface area contributed by atoms with E-state index in [4.69, 9.17) is 14.2 Å². The lowest BCUT2D eigenvalue weighted by Gasteiger charge is -2.26. The summed E-state index contributed by atoms with van der Waals surface area (Å²) in [4.78, 5) is 28.4. The molecule has 5 rings (SSSR count). The van der Waals surface area contributed by atoms with E-state index in [0.717, 1.165) is 11.1 Å². The molecule has 0 saturated carbocycles. The van der Waals surface area contributed by atoms with Crippen molar-refractivity contribution >= 4 is 27.6 Å². The molecule has 10 heteroatoms. The highest BCUT2D eigenvalue weighted by Gasteiger charge is 2.27. The van der Waals surface area contributed by atoms with Gasteiger partial charge in [-0.1, -0.05) is 72.8 Å². The molecule has 42 heavy (non-hydrogen) atoms. The normalized spacial score (nSPS) is 13.1. The highest BCUT2D eigenvalue weighted by Crippen LogP contribution is 2.33. The molecule has 0 spiro atoms. The molecule has 0 fully saturated rings. The second-order valence-electron chi connectivity index (χ2n) is 9.67. The van der Waals surface area contributed by atoms with Crippen LogP contribution < -0.4 is 14.2 Å². The van der Waals surface area contributed by atoms with Crippen LogP contribution in [0.15, 0.2) is 108 Å². The number of amides is 1. The second-order valence-corrected chi connectivity index (χ2v) is 11.4. The van der Waals surface area contributed by atoms with Gasteiger partial charge in [0.2, 0.25) is 0 Å². The number of hydrogen-bond acceptors (Lipinski definition) is 7. The Balaban J connectivity index is 1.32. The summed E-state index contributed by atoms with van der Waals surface area (Å²) < 4.78 is 45.4. The Labute approximate surface area is 244 Å². The molecule has 4 aromatic rings. The average molecular weight is 587 g/mol. The summed E-state index contributed by atoms with van der Waals surface area (Å²) in [7, 11) is -4.10. The fourth-order valence-electron chi connectivity index (χ4n) is 4.50. The van der Waals surface area contributed by atoms with Crippen molar-refractivity contribution in [1.29, 1.82) is 0 Å². The molecule has 0 aromatic heterocycles. The Morgan fingerprint density at radius 3 is 2.02 bits per heavy atom. The highest BCUT2D eigenvalue weighted by molar-refractivity contribution is 7.92. The van der Waals surface area contributed by atoms with Crippen molar-refractivity contribution in [2.45, 2.75) is 31.0 Å². The molecule has 1 atom stereocenters. The molecule has 0 radical (unpaired) electrons. The van der Waals surface area contributed by atoms with Gasteiger partial charge < -0.3 is 19.1 Å². The SMILES string of the molecule is C[C@@H](OC(=O)c1ccccc1NS(=O)(=O)c1ccc2c(c1)OCCO2)C(=O)N(Cc1ccccc1)Cc1ccccc1. The first-order chi connectivity index (χ1) is 20.3. The van der Waals surface area contributed by atoms with E-state index in [1.165, 1.54) is 37.3 Å². The number of para-hydroxylation sites is 1. The number of carbonyl (C=O) groups is 2. The number of sulfonamides is 1. The van der Waals surface area contributed by atoms with Gasteiger partial charge >= 0.3 is 5.97 Å². The van der Waals surface area contributed by atoms with E-state index in [1.807, 2.05) is 60.7 Å². The zero-order chi connectivity index (χ0) is 29.5. The van der Waals surface area contributed by atoms with Gasteiger partial charge in [-0.25, -0.2) is 13.2 Å². The first-order valence-electron chi connectivity index (χ1n) is 13.4. The van der Waals surface area contributed by atoms with Crippen molar-refractivity contribution in [1.82, 2.24) is 4.90 Å². The maximum absolute atomic E-state index is 13.6. The fourth-order valence-corrected chi connectivity index (χ4v) is 5.59. The number of anilines is 1. The number of ether oxygens (including phenoxy) is 3. The maximum Gasteiger partial charge on any atom is 0.341 e. The van der Waals surface area contributed by atoms with Gasteiger partial charge in [0.25, 0.3) is 15.9 Å². The molecular weight excluding hydrogens is 556 g/mol. The number of carbonyl (C=O) groups excluding carboxylic acids is 2. The Hall–Kier alpha value is -4.83. The number of rotatable bonds is 10. The van der Waals surface area contributed by atoms with Crippen LogP contribution in [0.1, 0.15) is 28.4 Å². The van der Waals surface area contributed by atoms with Gasteiger partial charge in [-0.05, 0) is 42.3 Å². The lowest BCUT2D eigenvalue weighted by molar-refractivity contribution is -0.141. The Morgan fingerprint density at radius 2 is 1.38 bits per heavy atom. The highest BCUT2D eigenvalue weighted by atomic mass is 32.2. The minimum atomic E-state index is -4.10. The predicted molar refractivity (Wildman–Crippen MR) is 157 cm³/mol. The molecule has 1 aliphatic heterocycles. The van der Waals surface area contributed by atoms with Crippen LogP contribution in [0.2, 0.25) is 0 Å². The number of benzene rings is 4. The van der Waals surface area contributed by atoms with Gasteiger partial charge in [-0.2, -0.15) is 0 Å². The second kappa shape index (κ2) is 12.8. The molecular formula is C32H30N2O7S. The van der Waals surface area contributed by atoms with E-state index in [2.05, 4.69) is 4.72 Å². The molecule has 9 nitrogen and oxygen atoms in total. The molecule has 0 bridgehead atoms. The topological polar surface area (TPSA) is 111 Å². The quantitative estimate of drug-likeness (QED) is 0.260. The molecule has 1 N–H and O–H groups in total. The summed E-state index contributed by atoms with van der Waals surface area (Å²) in [6.45, 7) is 2.84. The first kappa shape index (κ1) is 28.7. The molecule has 0 aliphatic carbocycles. The van der Waals surface area contributed by atoms with E-state index < -0.39 is 22.1 Å². The lowest BCUT2D eigenvalue weighted by atomic mass is 10.1. The number of fused-ring (bicyclic) bond motifs is 1. The van der Waals surface area contributed by atoms with E-state index >= 15 is 0 Å². The zero-order valence-electron chi connectivity index (χ0n) is 22.9. The van der Waals surface area contributed by atoms with Gasteiger partial charge in [-0.3, -0.25) is 9.52 Å². The monoisotopic (exact) mass is 586 g/mol. The molecule has 0 saturated heterocycles. The van der Waals surface area contributed by atoms with Crippen molar-refractivity contribution in [2.75, 3.05) is 17.9 Å². The minimum absolute atomic E-state index is 0.0162. The third-order valence-electron chi connectivity index (χ3n) is 6.59. The largest absolute Gasteiger partial charge is 0.486 e. The van der Waals surface area contributed by atoms with Crippen LogP contribution in [0.5, 0.6) is 11.5 Å². The Kier molecular flexibility index (Phi) is 8.73. The minimum Gasteiger partial charge on any atom is -0.486 e. The van der Waals surface area contributed by atoms with Crippen molar-refractivity contribution < 1.29 is 32.2 Å². The van der Waals surface area contributed by atoms with Crippen molar-refractivity contribution in [3.05, 3.63) is 120 Å². The van der Waals surface area contributed by atoms with Crippen molar-refractivity contribution in [2.24, 2.45) is 0 Å². The van der Waals surface area contributed by atoms with Crippen molar-refractivity contribution in [3.63, 3.8) is 0 Å². The standard InChI is InChI=1S/C32H30N2O7S/c1-23(31(35)34(21-24-10-4-2-5-11-24)22-25-12-6-3-7-13-25)41-32(36)27-14-8-9-15-28(27)33-42(37,38)26-16-17-29-30(20-26)40-19-18-39-29/h2-17,20,23,33H,18-19,21-22H2,1H3/t23-/m1/s1. The van der Waals surface area contributed by atoms with Gasteiger partial charge in [0.05, 0.1) is 16.1 Å². The van der Waals surface area contributed by atoms with Gasteiger partial charge in [0.1, 0.15) is 13.2 Å². The van der Waals surface area contributed by atoms with E-state index in [9.17, 15) is 18.0 Å². The van der Waals surface area contributed by atoms with Crippen LogP contribution >= 0.6 is 0 Å². The van der Waals surface area contributed by atoms with Gasteiger partial charge in [0, 0.05) is 19.2 Å². The third kappa shape index (κ3) is 6.90. The summed E-state index contributed by atoms with van der Waals surface area (Å²) in [5.41, 5.74) is 1.84. The third-order valence-corrected chi connectivity index (χ3v) is 7.95. The average Bonchev–Trinajstić information content (AvgIpc) is 3.01. The van der Waals surface area contributed by atoms with Crippen LogP contribution in [-0.2, 0) is 32.6 Å². The van der Waals surface area contributed by atoms with Gasteiger partial charge in [-0.15, -0.1) is 0 Å². The Morgan fingerprint density at radius 1 is 0.810 bits per heavy atom. The number of hydrogen-bond donors (Lipinski definition) is 1. The summed E-state index contributed by atoms with van der Waals surface area (Å²) in [6, 6.07) is 29.4. The Bertz CT molecular complexity index is 1620. The summed E-state index contributed by atoms with van der Waals surface area (Å²) in [5, 5.41) is 0. The predicted octanol–water partition coefficient (Wildman–Crippen LogP) is 5.03.